The molecule has 0 radical (unpaired) electrons. The first kappa shape index (κ1) is 15.1. The highest BCUT2D eigenvalue weighted by molar-refractivity contribution is 7.67. The van der Waals surface area contributed by atoms with Gasteiger partial charge in [-0.15, -0.1) is 0 Å². The molecule has 2 heterocycles. The summed E-state index contributed by atoms with van der Waals surface area (Å²) in [5.74, 6) is 0. The van der Waals surface area contributed by atoms with Crippen molar-refractivity contribution in [2.75, 3.05) is 0 Å². The van der Waals surface area contributed by atoms with Crippen molar-refractivity contribution in [1.82, 2.24) is 4.57 Å². The van der Waals surface area contributed by atoms with E-state index in [0.717, 1.165) is 0 Å². The van der Waals surface area contributed by atoms with E-state index in [1.54, 1.807) is 0 Å². The van der Waals surface area contributed by atoms with Crippen LogP contribution >= 0.6 is 7.53 Å². The molecule has 2 heteroatoms. The quantitative estimate of drug-likeness (QED) is 0.283. The molecule has 2 aromatic heterocycles. The van der Waals surface area contributed by atoms with Gasteiger partial charge in [-0.05, 0) is 34.3 Å². The van der Waals surface area contributed by atoms with E-state index < -0.39 is 7.53 Å². The molecule has 1 atom stereocenters. The number of hydrogen-bond acceptors (Lipinski definition) is 0. The van der Waals surface area contributed by atoms with Crippen LogP contribution in [0.2, 0.25) is 0 Å². The molecule has 6 aromatic rings. The van der Waals surface area contributed by atoms with Crippen molar-refractivity contribution < 1.29 is 0 Å². The molecule has 0 N–H and O–H groups in total. The Hall–Kier alpha value is -3.02. The van der Waals surface area contributed by atoms with Crippen molar-refractivity contribution in [2.24, 2.45) is 7.05 Å². The van der Waals surface area contributed by atoms with Gasteiger partial charge >= 0.3 is 0 Å². The lowest BCUT2D eigenvalue weighted by Gasteiger charge is -2.04. The summed E-state index contributed by atoms with van der Waals surface area (Å²) in [7, 11) is 1.68. The number of para-hydroxylation sites is 1. The maximum Gasteiger partial charge on any atom is 0.0495 e. The number of fused-ring (bicyclic) bond motifs is 6. The Labute approximate surface area is 158 Å². The van der Waals surface area contributed by atoms with Crippen molar-refractivity contribution in [3.05, 3.63) is 91.0 Å². The molecule has 0 aliphatic carbocycles. The largest absolute Gasteiger partial charge is 0.344 e. The van der Waals surface area contributed by atoms with Gasteiger partial charge in [0.05, 0.1) is 0 Å². The molecule has 4 aromatic carbocycles. The number of nitrogens with zero attached hydrogens (tertiary/aromatic N) is 1. The second-order valence-corrected chi connectivity index (χ2v) is 9.30. The first-order valence-electron chi connectivity index (χ1n) is 9.29. The summed E-state index contributed by atoms with van der Waals surface area (Å²) in [5.41, 5.74) is 2.61. The van der Waals surface area contributed by atoms with Crippen LogP contribution in [-0.2, 0) is 7.05 Å². The summed E-state index contributed by atoms with van der Waals surface area (Å²) in [6.07, 6.45) is 0. The maximum absolute atomic E-state index is 2.46. The van der Waals surface area contributed by atoms with Gasteiger partial charge in [-0.3, -0.25) is 0 Å². The van der Waals surface area contributed by atoms with Gasteiger partial charge in [0, 0.05) is 39.1 Å². The van der Waals surface area contributed by atoms with Crippen LogP contribution in [0, 0.1) is 0 Å². The molecule has 1 nitrogen and oxygen atoms in total. The van der Waals surface area contributed by atoms with Gasteiger partial charge in [0.2, 0.25) is 0 Å². The topological polar surface area (TPSA) is 4.93 Å². The Morgan fingerprint density at radius 2 is 1.26 bits per heavy atom. The van der Waals surface area contributed by atoms with Crippen LogP contribution in [0.1, 0.15) is 0 Å². The van der Waals surface area contributed by atoms with Gasteiger partial charge in [-0.25, -0.2) is 0 Å². The summed E-state index contributed by atoms with van der Waals surface area (Å²) in [6.45, 7) is 0. The van der Waals surface area contributed by atoms with Gasteiger partial charge in [0.25, 0.3) is 0 Å². The number of hydrogen-bond donors (Lipinski definition) is 0. The Morgan fingerprint density at radius 1 is 0.556 bits per heavy atom. The number of aryl methyl sites for hydroxylation is 1. The minimum Gasteiger partial charge on any atom is -0.344 e. The Balaban J connectivity index is 1.88. The summed E-state index contributed by atoms with van der Waals surface area (Å²) >= 11 is 0. The Kier molecular flexibility index (Phi) is 3.06. The Morgan fingerprint density at radius 3 is 2.11 bits per heavy atom. The normalized spacial score (nSPS) is 12.6. The van der Waals surface area contributed by atoms with Gasteiger partial charge in [-0.2, -0.15) is 0 Å². The maximum atomic E-state index is 2.46. The molecule has 0 aliphatic heterocycles. The SMILES string of the molecule is Cn1c2ccccc2c2cc3c(cc21)c1ccccc1p3-c1ccccc1. The van der Waals surface area contributed by atoms with Crippen LogP contribution in [0.3, 0.4) is 0 Å². The molecular formula is C25H18NP. The van der Waals surface area contributed by atoms with Crippen LogP contribution in [-0.4, -0.2) is 4.57 Å². The standard InChI is InChI=1S/C25H18NP/c1-26-22-13-7-5-11-18(22)20-16-25-21(15-23(20)26)19-12-6-8-14-24(19)27(25)17-9-3-2-4-10-17/h2-16H,1H3. The molecule has 0 saturated carbocycles. The zero-order valence-corrected chi connectivity index (χ0v) is 15.9. The molecule has 1 unspecified atom stereocenters. The molecule has 0 fully saturated rings. The zero-order valence-electron chi connectivity index (χ0n) is 15.1. The monoisotopic (exact) mass is 363 g/mol. The van der Waals surface area contributed by atoms with E-state index in [1.807, 2.05) is 0 Å². The first-order chi connectivity index (χ1) is 13.3. The van der Waals surface area contributed by atoms with Crippen molar-refractivity contribution >= 4 is 50.3 Å². The van der Waals surface area contributed by atoms with E-state index in [2.05, 4.69) is 103 Å². The van der Waals surface area contributed by atoms with E-state index >= 15 is 0 Å². The predicted molar refractivity (Wildman–Crippen MR) is 119 cm³/mol. The molecule has 128 valence electrons. The second kappa shape index (κ2) is 5.49. The number of benzene rings is 4. The lowest BCUT2D eigenvalue weighted by molar-refractivity contribution is 1.02. The highest BCUT2D eigenvalue weighted by Crippen LogP contribution is 2.55. The fourth-order valence-electron chi connectivity index (χ4n) is 4.48. The van der Waals surface area contributed by atoms with Crippen molar-refractivity contribution in [1.29, 1.82) is 0 Å². The molecule has 0 aliphatic rings. The Bertz CT molecular complexity index is 1470. The lowest BCUT2D eigenvalue weighted by Crippen LogP contribution is -1.85. The van der Waals surface area contributed by atoms with Gasteiger partial charge in [0.15, 0.2) is 0 Å². The van der Waals surface area contributed by atoms with Crippen molar-refractivity contribution in [3.63, 3.8) is 0 Å². The van der Waals surface area contributed by atoms with E-state index in [4.69, 9.17) is 0 Å². The summed E-state index contributed by atoms with van der Waals surface area (Å²) in [5, 5.41) is 9.90. The molecule has 0 spiro atoms. The molecule has 6 rings (SSSR count). The lowest BCUT2D eigenvalue weighted by atomic mass is 10.1. The highest BCUT2D eigenvalue weighted by atomic mass is 31.1. The minimum absolute atomic E-state index is 0.501. The first-order valence-corrected chi connectivity index (χ1v) is 10.6. The predicted octanol–water partition coefficient (Wildman–Crippen LogP) is 7.61. The number of aromatic nitrogens is 1. The van der Waals surface area contributed by atoms with Crippen molar-refractivity contribution in [2.45, 2.75) is 0 Å². The molecule has 27 heavy (non-hydrogen) atoms. The van der Waals surface area contributed by atoms with Gasteiger partial charge in [-0.1, -0.05) is 80.3 Å². The van der Waals surface area contributed by atoms with E-state index in [9.17, 15) is 0 Å². The minimum atomic E-state index is -0.501. The fourth-order valence-corrected chi connectivity index (χ4v) is 7.12. The highest BCUT2D eigenvalue weighted by Gasteiger charge is 2.16. The van der Waals surface area contributed by atoms with E-state index in [0.29, 0.717) is 0 Å². The van der Waals surface area contributed by atoms with Crippen LogP contribution in [0.25, 0.3) is 48.1 Å². The molecule has 0 amide bonds. The van der Waals surface area contributed by atoms with Crippen LogP contribution in [0.5, 0.6) is 0 Å². The smallest absolute Gasteiger partial charge is 0.0495 e. The van der Waals surface area contributed by atoms with Crippen LogP contribution in [0.4, 0.5) is 0 Å². The fraction of sp³-hybridized carbons (Fsp3) is 0.0400. The van der Waals surface area contributed by atoms with E-state index in [1.165, 1.54) is 48.1 Å². The zero-order chi connectivity index (χ0) is 18.0. The average molecular weight is 363 g/mol. The van der Waals surface area contributed by atoms with Crippen LogP contribution < -0.4 is 0 Å². The summed E-state index contributed by atoms with van der Waals surface area (Å²) in [4.78, 5) is 0. The van der Waals surface area contributed by atoms with Crippen molar-refractivity contribution in [3.8, 4) is 5.30 Å². The number of rotatable bonds is 1. The molecule has 0 saturated heterocycles. The molecule has 0 bridgehead atoms. The van der Waals surface area contributed by atoms with Gasteiger partial charge < -0.3 is 4.57 Å². The van der Waals surface area contributed by atoms with E-state index in [-0.39, 0.29) is 0 Å². The summed E-state index contributed by atoms with van der Waals surface area (Å²) in [6, 6.07) is 33.5. The van der Waals surface area contributed by atoms with Gasteiger partial charge in [0.1, 0.15) is 0 Å². The third-order valence-corrected chi connectivity index (χ3v) is 8.26. The summed E-state index contributed by atoms with van der Waals surface area (Å²) < 4.78 is 2.33. The second-order valence-electron chi connectivity index (χ2n) is 7.15. The molecular weight excluding hydrogens is 345 g/mol. The third-order valence-electron chi connectivity index (χ3n) is 5.72. The third kappa shape index (κ3) is 2.01. The average Bonchev–Trinajstić information content (AvgIpc) is 3.20. The van der Waals surface area contributed by atoms with Crippen LogP contribution in [0.15, 0.2) is 91.0 Å².